The van der Waals surface area contributed by atoms with Gasteiger partial charge in [0.25, 0.3) is 5.91 Å². The van der Waals surface area contributed by atoms with Gasteiger partial charge in [0.15, 0.2) is 8.32 Å². The molecule has 17 heteroatoms. The predicted molar refractivity (Wildman–Crippen MR) is 289 cm³/mol. The van der Waals surface area contributed by atoms with Gasteiger partial charge in [-0.05, 0) is 105 Å². The Morgan fingerprint density at radius 3 is 2.36 bits per heavy atom. The molecule has 16 nitrogen and oxygen atoms in total. The molecule has 1 saturated carbocycles. The molecule has 398 valence electrons. The van der Waals surface area contributed by atoms with E-state index >= 15 is 0 Å². The molecule has 4 aromatic rings. The third-order valence-electron chi connectivity index (χ3n) is 15.9. The number of aromatic nitrogens is 2. The number of alkyl carbamates (subject to hydrolysis) is 1. The Balaban J connectivity index is 1.13. The van der Waals surface area contributed by atoms with Crippen LogP contribution in [0.3, 0.4) is 0 Å². The molecule has 2 unspecified atom stereocenters. The fraction of sp³-hybridized carbons (Fsp3) is 0.607. The summed E-state index contributed by atoms with van der Waals surface area (Å²) >= 11 is 0. The number of morpholine rings is 1. The number of anilines is 2. The number of aryl methyl sites for hydroxylation is 1. The lowest BCUT2D eigenvalue weighted by Gasteiger charge is -2.39. The Morgan fingerprint density at radius 1 is 0.945 bits per heavy atom. The van der Waals surface area contributed by atoms with Crippen LogP contribution in [0.5, 0.6) is 0 Å². The first kappa shape index (κ1) is 54.2. The number of rotatable bonds is 19. The summed E-state index contributed by atoms with van der Waals surface area (Å²) < 4.78 is 27.5. The van der Waals surface area contributed by atoms with Crippen LogP contribution in [0.4, 0.5) is 16.2 Å². The zero-order chi connectivity index (χ0) is 52.2. The van der Waals surface area contributed by atoms with E-state index in [0.717, 1.165) is 90.0 Å². The Labute approximate surface area is 434 Å². The summed E-state index contributed by atoms with van der Waals surface area (Å²) in [5.74, 6) is -1.47. The average Bonchev–Trinajstić information content (AvgIpc) is 4.19. The first-order valence-electron chi connectivity index (χ1n) is 26.7. The SMILES string of the molecule is CCn1c(-c2cc(N3CCN(C4CC4)CC3)cnc2C(C)OC)c(CC(C)(C)CO[Si](C)(C)C(C)(C)C)c2cc(N3CCO[C@@H](CC(NC(=O)OCc4ccccc4)C(=O)N4CCC[C@@H](C(=O)O)N4)C3)ccc21. The van der Waals surface area contributed by atoms with Crippen molar-refractivity contribution in [3.63, 3.8) is 0 Å². The average molecular weight is 1020 g/mol. The molecule has 0 radical (unpaired) electrons. The Kier molecular flexibility index (Phi) is 17.0. The third-order valence-corrected chi connectivity index (χ3v) is 20.4. The standard InChI is InChI=1S/C56H82N8O8Si/c1-11-63-49-22-21-41(62-28-29-70-43(35-62)32-48(52(65)64-23-15-18-47(59-64)53(66)67)58-54(68)71-36-39-16-13-12-14-17-39)30-44(49)46(33-56(6,7)37-72-73(9,10)55(3,4)5)51(63)45-31-42(34-57-50(45)38(2)69-8)61-26-24-60(25-27-61)40-19-20-40/h12-14,16-17,21-22,30-31,34,38,40,43,47-48,59H,11,15,18-20,23-29,32-33,35-37H2,1-10H3,(H,58,68)(H,66,67)/t38?,43-,47-,48?/m0/s1. The highest BCUT2D eigenvalue weighted by atomic mass is 28.4. The highest BCUT2D eigenvalue weighted by Gasteiger charge is 2.40. The number of carbonyl (C=O) groups excluding carboxylic acids is 2. The summed E-state index contributed by atoms with van der Waals surface area (Å²) in [6, 6.07) is 17.3. The third kappa shape index (κ3) is 12.9. The highest BCUT2D eigenvalue weighted by molar-refractivity contribution is 6.74. The molecule has 0 spiro atoms. The minimum absolute atomic E-state index is 0.0312. The summed E-state index contributed by atoms with van der Waals surface area (Å²) in [6.45, 7) is 27.7. The number of benzene rings is 2. The van der Waals surface area contributed by atoms with Gasteiger partial charge in [0.1, 0.15) is 18.7 Å². The van der Waals surface area contributed by atoms with Gasteiger partial charge in [-0.2, -0.15) is 0 Å². The molecule has 0 bridgehead atoms. The number of carbonyl (C=O) groups is 3. The molecule has 4 atom stereocenters. The largest absolute Gasteiger partial charge is 0.480 e. The maximum atomic E-state index is 14.3. The molecule has 2 amide bonds. The topological polar surface area (TPSA) is 163 Å². The lowest BCUT2D eigenvalue weighted by atomic mass is 9.84. The van der Waals surface area contributed by atoms with Gasteiger partial charge in [0, 0.05) is 101 Å². The zero-order valence-electron chi connectivity index (χ0n) is 45.2. The van der Waals surface area contributed by atoms with E-state index in [1.165, 1.54) is 23.4 Å². The van der Waals surface area contributed by atoms with Crippen molar-refractivity contribution in [2.45, 2.75) is 149 Å². The van der Waals surface area contributed by atoms with Gasteiger partial charge in [-0.25, -0.2) is 10.2 Å². The van der Waals surface area contributed by atoms with Gasteiger partial charge in [0.2, 0.25) is 0 Å². The number of pyridine rings is 1. The Hall–Kier alpha value is -5.04. The summed E-state index contributed by atoms with van der Waals surface area (Å²) in [5, 5.41) is 15.2. The van der Waals surface area contributed by atoms with Crippen molar-refractivity contribution in [3.8, 4) is 11.3 Å². The van der Waals surface area contributed by atoms with E-state index in [9.17, 15) is 19.5 Å². The Bertz CT molecular complexity index is 2550. The molecule has 73 heavy (non-hydrogen) atoms. The molecule has 2 aromatic carbocycles. The Morgan fingerprint density at radius 2 is 1.68 bits per heavy atom. The van der Waals surface area contributed by atoms with Gasteiger partial charge in [-0.15, -0.1) is 0 Å². The molecule has 8 rings (SSSR count). The van der Waals surface area contributed by atoms with E-state index in [0.29, 0.717) is 45.7 Å². The molecule has 3 N–H and O–H groups in total. The monoisotopic (exact) mass is 1020 g/mol. The van der Waals surface area contributed by atoms with Crippen LogP contribution >= 0.6 is 0 Å². The number of hydrogen-bond acceptors (Lipinski definition) is 12. The number of fused-ring (bicyclic) bond motifs is 1. The van der Waals surface area contributed by atoms with E-state index < -0.39 is 44.5 Å². The quantitative estimate of drug-likeness (QED) is 0.0765. The van der Waals surface area contributed by atoms with Gasteiger partial charge in [-0.1, -0.05) is 65.0 Å². The second-order valence-electron chi connectivity index (χ2n) is 23.0. The minimum Gasteiger partial charge on any atom is -0.480 e. The second kappa shape index (κ2) is 22.8. The van der Waals surface area contributed by atoms with Crippen LogP contribution in [0, 0.1) is 5.41 Å². The maximum absolute atomic E-state index is 14.3. The van der Waals surface area contributed by atoms with Crippen LogP contribution in [-0.2, 0) is 47.8 Å². The van der Waals surface area contributed by atoms with Crippen molar-refractivity contribution in [1.29, 1.82) is 0 Å². The molecule has 5 heterocycles. The number of nitrogens with one attached hydrogen (secondary N) is 2. The highest BCUT2D eigenvalue weighted by Crippen LogP contribution is 2.44. The van der Waals surface area contributed by atoms with Crippen LogP contribution < -0.4 is 20.5 Å². The summed E-state index contributed by atoms with van der Waals surface area (Å²) in [4.78, 5) is 52.3. The number of nitrogens with zero attached hydrogens (tertiary/aromatic N) is 6. The number of carboxylic acid groups (broad SMARTS) is 1. The fourth-order valence-electron chi connectivity index (χ4n) is 10.4. The van der Waals surface area contributed by atoms with Crippen molar-refractivity contribution >= 4 is 48.6 Å². The van der Waals surface area contributed by atoms with Crippen LogP contribution in [0.15, 0.2) is 60.8 Å². The van der Waals surface area contributed by atoms with E-state index in [1.807, 2.05) is 36.5 Å². The fourth-order valence-corrected chi connectivity index (χ4v) is 11.6. The van der Waals surface area contributed by atoms with Crippen molar-refractivity contribution in [3.05, 3.63) is 77.6 Å². The van der Waals surface area contributed by atoms with Crippen LogP contribution in [0.25, 0.3) is 22.2 Å². The molecule has 2 aromatic heterocycles. The van der Waals surface area contributed by atoms with Gasteiger partial charge in [0.05, 0.1) is 42.1 Å². The van der Waals surface area contributed by atoms with E-state index in [4.69, 9.17) is 23.6 Å². The van der Waals surface area contributed by atoms with Crippen LogP contribution in [0.1, 0.15) is 103 Å². The minimum atomic E-state index is -2.07. The van der Waals surface area contributed by atoms with Crippen molar-refractivity contribution in [1.82, 2.24) is 30.2 Å². The second-order valence-corrected chi connectivity index (χ2v) is 27.8. The van der Waals surface area contributed by atoms with Crippen LogP contribution in [-0.4, -0.2) is 141 Å². The number of hydrazine groups is 1. The number of carboxylic acids is 1. The van der Waals surface area contributed by atoms with Gasteiger partial charge < -0.3 is 43.4 Å². The maximum Gasteiger partial charge on any atom is 0.408 e. The molecular formula is C56H82N8O8Si. The van der Waals surface area contributed by atoms with E-state index in [-0.39, 0.29) is 29.6 Å². The number of piperazine rings is 1. The summed E-state index contributed by atoms with van der Waals surface area (Å²) in [6.07, 6.45) is 5.03. The first-order valence-corrected chi connectivity index (χ1v) is 29.6. The smallest absolute Gasteiger partial charge is 0.408 e. The number of amides is 2. The number of hydrogen-bond donors (Lipinski definition) is 3. The van der Waals surface area contributed by atoms with E-state index in [1.54, 1.807) is 7.11 Å². The zero-order valence-corrected chi connectivity index (χ0v) is 46.2. The number of methoxy groups -OCH3 is 1. The van der Waals surface area contributed by atoms with E-state index in [2.05, 4.69) is 116 Å². The lowest BCUT2D eigenvalue weighted by molar-refractivity contribution is -0.148. The molecule has 3 aliphatic heterocycles. The van der Waals surface area contributed by atoms with Crippen LogP contribution in [0.2, 0.25) is 18.1 Å². The van der Waals surface area contributed by atoms with Gasteiger partial charge >= 0.3 is 12.1 Å². The molecular weight excluding hydrogens is 941 g/mol. The van der Waals surface area contributed by atoms with Crippen molar-refractivity contribution in [2.75, 3.05) is 75.9 Å². The molecule has 4 aliphatic rings. The molecule has 4 fully saturated rings. The molecule has 1 aliphatic carbocycles. The molecule has 3 saturated heterocycles. The predicted octanol–water partition coefficient (Wildman–Crippen LogP) is 8.78. The normalized spacial score (nSPS) is 20.3. The van der Waals surface area contributed by atoms with Gasteiger partial charge in [-0.3, -0.25) is 24.5 Å². The number of ether oxygens (including phenoxy) is 3. The summed E-state index contributed by atoms with van der Waals surface area (Å²) in [7, 11) is -0.316. The lowest BCUT2D eigenvalue weighted by Crippen LogP contribution is -2.60. The summed E-state index contributed by atoms with van der Waals surface area (Å²) in [5.41, 5.74) is 11.1. The van der Waals surface area contributed by atoms with Crippen molar-refractivity contribution in [2.24, 2.45) is 5.41 Å². The van der Waals surface area contributed by atoms with Crippen molar-refractivity contribution < 1.29 is 38.1 Å². The first-order chi connectivity index (χ1) is 34.8. The number of aliphatic carboxylic acids is 1.